The van der Waals surface area contributed by atoms with Crippen molar-refractivity contribution in [3.05, 3.63) is 48.0 Å². The third kappa shape index (κ3) is 4.31. The van der Waals surface area contributed by atoms with E-state index in [0.717, 1.165) is 0 Å². The summed E-state index contributed by atoms with van der Waals surface area (Å²) in [7, 11) is -5.84. The van der Waals surface area contributed by atoms with Gasteiger partial charge in [0.25, 0.3) is 0 Å². The molecule has 0 radical (unpaired) electrons. The summed E-state index contributed by atoms with van der Waals surface area (Å²) in [5, 5.41) is 2.85. The zero-order valence-electron chi connectivity index (χ0n) is 13.8. The molecule has 3 rings (SSSR count). The zero-order valence-corrected chi connectivity index (χ0v) is 15.4. The van der Waals surface area contributed by atoms with Crippen LogP contribution in [0.25, 0.3) is 20.2 Å². The van der Waals surface area contributed by atoms with Crippen molar-refractivity contribution in [1.29, 1.82) is 0 Å². The van der Waals surface area contributed by atoms with Gasteiger partial charge in [-0.15, -0.1) is 11.3 Å². The fraction of sp³-hybridized carbons (Fsp3) is 0.294. The molecule has 136 valence electrons. The minimum absolute atomic E-state index is 0.198. The molecule has 0 saturated carbocycles. The van der Waals surface area contributed by atoms with E-state index < -0.39 is 15.6 Å². The number of alkyl halides is 3. The molecule has 2 aromatic carbocycles. The fourth-order valence-corrected chi connectivity index (χ4v) is 3.53. The molecular weight excluding hydrogens is 373 g/mol. The maximum atomic E-state index is 10.7. The Labute approximate surface area is 147 Å². The van der Waals surface area contributed by atoms with Gasteiger partial charge >= 0.3 is 15.6 Å². The molecular formula is C17H17F3O3S2. The Balaban J connectivity index is 0.000000242. The molecule has 3 aromatic rings. The Morgan fingerprint density at radius 1 is 0.920 bits per heavy atom. The van der Waals surface area contributed by atoms with E-state index in [1.54, 1.807) is 0 Å². The average molecular weight is 390 g/mol. The first-order valence-corrected chi connectivity index (χ1v) is 9.52. The quantitative estimate of drug-likeness (QED) is 0.393. The van der Waals surface area contributed by atoms with Crippen LogP contribution in [0.1, 0.15) is 26.3 Å². The van der Waals surface area contributed by atoms with Gasteiger partial charge in [-0.3, -0.25) is 4.55 Å². The minimum Gasteiger partial charge on any atom is -0.279 e. The number of halogens is 3. The van der Waals surface area contributed by atoms with E-state index in [2.05, 4.69) is 63.2 Å². The van der Waals surface area contributed by atoms with Gasteiger partial charge in [0.05, 0.1) is 0 Å². The van der Waals surface area contributed by atoms with Crippen molar-refractivity contribution in [2.24, 2.45) is 0 Å². The van der Waals surface area contributed by atoms with Crippen LogP contribution in [0.15, 0.2) is 42.5 Å². The zero-order chi connectivity index (χ0) is 19.0. The Kier molecular flexibility index (Phi) is 5.18. The Hall–Kier alpha value is -1.64. The predicted octanol–water partition coefficient (Wildman–Crippen LogP) is 5.75. The lowest BCUT2D eigenvalue weighted by molar-refractivity contribution is -0.0510. The van der Waals surface area contributed by atoms with Crippen molar-refractivity contribution in [2.45, 2.75) is 31.7 Å². The van der Waals surface area contributed by atoms with Crippen molar-refractivity contribution in [3.8, 4) is 0 Å². The van der Waals surface area contributed by atoms with E-state index in [-0.39, 0.29) is 5.41 Å². The lowest BCUT2D eigenvalue weighted by Gasteiger charge is -2.20. The fourth-order valence-electron chi connectivity index (χ4n) is 2.40. The normalized spacial score (nSPS) is 12.9. The molecule has 0 aliphatic carbocycles. The molecule has 8 heteroatoms. The molecule has 0 unspecified atom stereocenters. The Morgan fingerprint density at radius 3 is 1.96 bits per heavy atom. The highest BCUT2D eigenvalue weighted by molar-refractivity contribution is 7.86. The van der Waals surface area contributed by atoms with E-state index in [1.807, 2.05) is 11.3 Å². The second kappa shape index (κ2) is 6.59. The molecule has 0 bridgehead atoms. The number of fused-ring (bicyclic) bond motifs is 3. The summed E-state index contributed by atoms with van der Waals surface area (Å²) in [6.45, 7) is 6.86. The summed E-state index contributed by atoms with van der Waals surface area (Å²) in [5.74, 6) is 0. The Morgan fingerprint density at radius 2 is 1.44 bits per heavy atom. The SMILES string of the molecule is CC(C)(C)c1cccc2sc3ccccc3c12.O=S(=O)(O)C(F)(F)F. The molecule has 0 atom stereocenters. The van der Waals surface area contributed by atoms with Crippen molar-refractivity contribution < 1.29 is 26.1 Å². The van der Waals surface area contributed by atoms with Gasteiger partial charge in [-0.2, -0.15) is 21.6 Å². The number of benzene rings is 2. The maximum Gasteiger partial charge on any atom is 0.522 e. The van der Waals surface area contributed by atoms with Crippen LogP contribution in [0.3, 0.4) is 0 Å². The van der Waals surface area contributed by atoms with Gasteiger partial charge in [0.2, 0.25) is 0 Å². The van der Waals surface area contributed by atoms with Gasteiger partial charge in [0.1, 0.15) is 0 Å². The summed E-state index contributed by atoms with van der Waals surface area (Å²) in [5.41, 5.74) is -3.89. The first-order valence-electron chi connectivity index (χ1n) is 7.27. The average Bonchev–Trinajstić information content (AvgIpc) is 2.83. The van der Waals surface area contributed by atoms with Crippen LogP contribution < -0.4 is 0 Å². The van der Waals surface area contributed by atoms with Gasteiger partial charge in [-0.25, -0.2) is 0 Å². The molecule has 0 aliphatic rings. The van der Waals surface area contributed by atoms with Crippen LogP contribution in [-0.2, 0) is 15.5 Å². The van der Waals surface area contributed by atoms with Gasteiger partial charge < -0.3 is 0 Å². The number of thiophene rings is 1. The van der Waals surface area contributed by atoms with Crippen molar-refractivity contribution in [2.75, 3.05) is 0 Å². The molecule has 0 spiro atoms. The first kappa shape index (κ1) is 19.7. The van der Waals surface area contributed by atoms with E-state index in [9.17, 15) is 13.2 Å². The smallest absolute Gasteiger partial charge is 0.279 e. The molecule has 0 saturated heterocycles. The van der Waals surface area contributed by atoms with E-state index in [0.29, 0.717) is 0 Å². The molecule has 1 aromatic heterocycles. The highest BCUT2D eigenvalue weighted by Crippen LogP contribution is 2.39. The maximum absolute atomic E-state index is 10.7. The van der Waals surface area contributed by atoms with Gasteiger partial charge in [0.15, 0.2) is 0 Å². The highest BCUT2D eigenvalue weighted by atomic mass is 32.2. The molecule has 0 aliphatic heterocycles. The highest BCUT2D eigenvalue weighted by Gasteiger charge is 2.44. The molecule has 3 nitrogen and oxygen atoms in total. The first-order chi connectivity index (χ1) is 11.3. The number of hydrogen-bond acceptors (Lipinski definition) is 3. The lowest BCUT2D eigenvalue weighted by Crippen LogP contribution is -2.21. The summed E-state index contributed by atoms with van der Waals surface area (Å²) in [6.07, 6.45) is 0. The van der Waals surface area contributed by atoms with Crippen molar-refractivity contribution in [3.63, 3.8) is 0 Å². The summed E-state index contributed by atoms with van der Waals surface area (Å²) in [4.78, 5) is 0. The van der Waals surface area contributed by atoms with E-state index >= 15 is 0 Å². The third-order valence-electron chi connectivity index (χ3n) is 3.50. The third-order valence-corrected chi connectivity index (χ3v) is 5.22. The van der Waals surface area contributed by atoms with E-state index in [1.165, 1.54) is 25.7 Å². The Bertz CT molecular complexity index is 997. The molecule has 1 N–H and O–H groups in total. The van der Waals surface area contributed by atoms with Crippen LogP contribution in [0, 0.1) is 0 Å². The van der Waals surface area contributed by atoms with Crippen molar-refractivity contribution in [1.82, 2.24) is 0 Å². The van der Waals surface area contributed by atoms with Crippen molar-refractivity contribution >= 4 is 41.6 Å². The standard InChI is InChI=1S/C16H16S.CHF3O3S/c1-16(2,3)12-8-6-10-14-15(12)11-7-4-5-9-13(11)17-14;2-1(3,4)8(5,6)7/h4-10H,1-3H3;(H,5,6,7). The molecule has 0 amide bonds. The summed E-state index contributed by atoms with van der Waals surface area (Å²) >= 11 is 1.89. The second-order valence-corrected chi connectivity index (χ2v) is 8.94. The predicted molar refractivity (Wildman–Crippen MR) is 95.6 cm³/mol. The van der Waals surface area contributed by atoms with Crippen LogP contribution in [0.2, 0.25) is 0 Å². The topological polar surface area (TPSA) is 54.4 Å². The lowest BCUT2D eigenvalue weighted by atomic mass is 9.84. The number of hydrogen-bond donors (Lipinski definition) is 1. The van der Waals surface area contributed by atoms with Gasteiger partial charge in [-0.05, 0) is 23.1 Å². The van der Waals surface area contributed by atoms with E-state index in [4.69, 9.17) is 13.0 Å². The van der Waals surface area contributed by atoms with Crippen LogP contribution >= 0.6 is 11.3 Å². The second-order valence-electron chi connectivity index (χ2n) is 6.45. The summed E-state index contributed by atoms with van der Waals surface area (Å²) < 4.78 is 60.3. The van der Waals surface area contributed by atoms with Gasteiger partial charge in [0, 0.05) is 20.2 Å². The number of rotatable bonds is 0. The minimum atomic E-state index is -5.84. The van der Waals surface area contributed by atoms with Crippen LogP contribution in [0.5, 0.6) is 0 Å². The monoisotopic (exact) mass is 390 g/mol. The molecule has 0 fully saturated rings. The summed E-state index contributed by atoms with van der Waals surface area (Å²) in [6, 6.07) is 15.4. The van der Waals surface area contributed by atoms with Crippen LogP contribution in [-0.4, -0.2) is 18.5 Å². The molecule has 25 heavy (non-hydrogen) atoms. The van der Waals surface area contributed by atoms with Gasteiger partial charge in [-0.1, -0.05) is 51.1 Å². The van der Waals surface area contributed by atoms with Crippen LogP contribution in [0.4, 0.5) is 13.2 Å². The largest absolute Gasteiger partial charge is 0.522 e. The molecule has 1 heterocycles.